The number of alkyl halides is 1. The lowest BCUT2D eigenvalue weighted by molar-refractivity contribution is -0.137. The fraction of sp³-hybridized carbons (Fsp3) is 0.421. The molecule has 148 valence electrons. The Morgan fingerprint density at radius 2 is 1.93 bits per heavy atom. The Labute approximate surface area is 169 Å². The number of benzene rings is 1. The fourth-order valence-electron chi connectivity index (χ4n) is 3.26. The average Bonchev–Trinajstić information content (AvgIpc) is 2.63. The first-order valence-electron chi connectivity index (χ1n) is 9.12. The van der Waals surface area contributed by atoms with E-state index in [1.54, 1.807) is 0 Å². The third-order valence-corrected chi connectivity index (χ3v) is 5.34. The molecule has 9 heteroatoms. The van der Waals surface area contributed by atoms with Gasteiger partial charge in [-0.15, -0.1) is 0 Å². The summed E-state index contributed by atoms with van der Waals surface area (Å²) in [6.45, 7) is 2.54. The number of carboxylic acids is 1. The molecule has 2 heterocycles. The highest BCUT2D eigenvalue weighted by Gasteiger charge is 2.19. The van der Waals surface area contributed by atoms with Crippen LogP contribution in [0.2, 0.25) is 0 Å². The molecule has 8 nitrogen and oxygen atoms in total. The third-order valence-electron chi connectivity index (χ3n) is 4.73. The third kappa shape index (κ3) is 4.30. The van der Waals surface area contributed by atoms with E-state index >= 15 is 0 Å². The first kappa shape index (κ1) is 20.2. The molecule has 1 aromatic rings. The minimum atomic E-state index is -0.787. The normalized spacial score (nSPS) is 11.4. The van der Waals surface area contributed by atoms with E-state index in [9.17, 15) is 14.4 Å². The molecule has 0 atom stereocenters. The number of carboxylic acid groups (broad SMARTS) is 1. The van der Waals surface area contributed by atoms with Crippen molar-refractivity contribution in [2.24, 2.45) is 0 Å². The minimum Gasteiger partial charge on any atom is -0.481 e. The van der Waals surface area contributed by atoms with Gasteiger partial charge in [0, 0.05) is 18.3 Å². The number of hydrogen-bond acceptors (Lipinski definition) is 5. The summed E-state index contributed by atoms with van der Waals surface area (Å²) in [5.41, 5.74) is 2.54. The van der Waals surface area contributed by atoms with Crippen LogP contribution in [0, 0.1) is 6.92 Å². The Kier molecular flexibility index (Phi) is 6.23. The van der Waals surface area contributed by atoms with E-state index in [0.29, 0.717) is 23.8 Å². The van der Waals surface area contributed by atoms with Crippen LogP contribution in [0.5, 0.6) is 0 Å². The molecule has 1 aromatic carbocycles. The molecule has 0 bridgehead atoms. The van der Waals surface area contributed by atoms with E-state index < -0.39 is 17.2 Å². The lowest BCUT2D eigenvalue weighted by Crippen LogP contribution is -2.29. The van der Waals surface area contributed by atoms with Crippen LogP contribution in [-0.4, -0.2) is 30.6 Å². The number of fused-ring (bicyclic) bond motifs is 2. The summed E-state index contributed by atoms with van der Waals surface area (Å²) in [5, 5.41) is 9.40. The molecule has 0 saturated heterocycles. The number of halogens is 1. The van der Waals surface area contributed by atoms with Gasteiger partial charge in [-0.3, -0.25) is 14.6 Å². The fourth-order valence-corrected chi connectivity index (χ4v) is 3.86. The maximum Gasteiger partial charge on any atom is 0.349 e. The van der Waals surface area contributed by atoms with E-state index in [4.69, 9.17) is 5.11 Å². The van der Waals surface area contributed by atoms with Crippen molar-refractivity contribution in [3.05, 3.63) is 44.1 Å². The van der Waals surface area contributed by atoms with Gasteiger partial charge in [0.05, 0.1) is 11.0 Å². The van der Waals surface area contributed by atoms with Gasteiger partial charge in [-0.2, -0.15) is 4.98 Å². The van der Waals surface area contributed by atoms with Crippen molar-refractivity contribution in [1.82, 2.24) is 19.5 Å². The maximum atomic E-state index is 12.2. The van der Waals surface area contributed by atoms with Crippen LogP contribution in [0.4, 0.5) is 0 Å². The number of carbonyl (C=O) groups is 1. The number of H-pyrrole nitrogens is 1. The zero-order chi connectivity index (χ0) is 20.3. The Bertz CT molecular complexity index is 1110. The quantitative estimate of drug-likeness (QED) is 0.310. The average molecular weight is 449 g/mol. The highest BCUT2D eigenvalue weighted by atomic mass is 79.9. The molecule has 0 amide bonds. The number of unbranched alkanes of at least 4 members (excludes halogenated alkanes) is 3. The van der Waals surface area contributed by atoms with E-state index in [-0.39, 0.29) is 17.9 Å². The standard InChI is InChI=1S/C19H21BrN4O4/c1-11-8-13-14(9-12(11)10-20)24(7-5-3-2-4-6-15(25)26)17-16(21-13)18(27)23-19(28)22-17/h8-9H,2-7,10H2,1H3,(H,25,26)(H,23,27,28). The van der Waals surface area contributed by atoms with Gasteiger partial charge in [0.1, 0.15) is 0 Å². The summed E-state index contributed by atoms with van der Waals surface area (Å²) in [5.74, 6) is -0.513. The van der Waals surface area contributed by atoms with Crippen molar-refractivity contribution in [3.63, 3.8) is 0 Å². The molecule has 28 heavy (non-hydrogen) atoms. The van der Waals surface area contributed by atoms with Crippen molar-refractivity contribution < 1.29 is 9.90 Å². The Balaban J connectivity index is 2.02. The van der Waals surface area contributed by atoms with Crippen molar-refractivity contribution >= 4 is 32.9 Å². The number of nitrogens with zero attached hydrogens (tertiary/aromatic N) is 3. The van der Waals surface area contributed by atoms with Gasteiger partial charge < -0.3 is 9.67 Å². The van der Waals surface area contributed by atoms with Crippen LogP contribution in [0.15, 0.2) is 21.7 Å². The maximum absolute atomic E-state index is 12.2. The second-order valence-electron chi connectivity index (χ2n) is 6.77. The van der Waals surface area contributed by atoms with Gasteiger partial charge in [0.15, 0.2) is 11.5 Å². The Hall–Kier alpha value is -2.55. The molecular formula is C19H21BrN4O4. The summed E-state index contributed by atoms with van der Waals surface area (Å²) in [7, 11) is 0. The van der Waals surface area contributed by atoms with E-state index in [1.807, 2.05) is 23.6 Å². The summed E-state index contributed by atoms with van der Waals surface area (Å²) in [4.78, 5) is 45.3. The number of hydrogen-bond donors (Lipinski definition) is 2. The minimum absolute atomic E-state index is 0.143. The molecule has 0 aromatic heterocycles. The molecule has 0 saturated carbocycles. The topological polar surface area (TPSA) is 118 Å². The molecule has 0 radical (unpaired) electrons. The van der Waals surface area contributed by atoms with Crippen LogP contribution in [0.1, 0.15) is 43.2 Å². The molecule has 0 aliphatic carbocycles. The molecule has 2 N–H and O–H groups in total. The number of aliphatic carboxylic acids is 1. The molecule has 0 unspecified atom stereocenters. The van der Waals surface area contributed by atoms with E-state index in [2.05, 4.69) is 30.9 Å². The smallest absolute Gasteiger partial charge is 0.349 e. The zero-order valence-electron chi connectivity index (χ0n) is 15.5. The van der Waals surface area contributed by atoms with Gasteiger partial charge in [0.2, 0.25) is 0 Å². The second kappa shape index (κ2) is 8.64. The highest BCUT2D eigenvalue weighted by Crippen LogP contribution is 2.25. The number of aromatic nitrogens is 4. The first-order valence-corrected chi connectivity index (χ1v) is 10.2. The van der Waals surface area contributed by atoms with Gasteiger partial charge in [-0.1, -0.05) is 28.8 Å². The SMILES string of the molecule is Cc1cc2nc3c(=O)[nH]c(=O)nc-3n(CCCCCCC(=O)O)c2cc1CBr. The van der Waals surface area contributed by atoms with Crippen LogP contribution in [0.25, 0.3) is 22.6 Å². The predicted octanol–water partition coefficient (Wildman–Crippen LogP) is 2.82. The largest absolute Gasteiger partial charge is 0.481 e. The number of aryl methyl sites for hydroxylation is 2. The van der Waals surface area contributed by atoms with Crippen molar-refractivity contribution in [2.75, 3.05) is 0 Å². The predicted molar refractivity (Wildman–Crippen MR) is 109 cm³/mol. The lowest BCUT2D eigenvalue weighted by Gasteiger charge is -2.18. The number of rotatable bonds is 8. The van der Waals surface area contributed by atoms with Gasteiger partial charge in [-0.25, -0.2) is 9.78 Å². The number of aromatic amines is 1. The summed E-state index contributed by atoms with van der Waals surface area (Å²) in [6, 6.07) is 3.93. The Morgan fingerprint density at radius 3 is 2.64 bits per heavy atom. The first-order chi connectivity index (χ1) is 13.4. The molecule has 2 aliphatic rings. The molecular weight excluding hydrogens is 428 g/mol. The number of nitrogens with one attached hydrogen (secondary N) is 1. The van der Waals surface area contributed by atoms with Gasteiger partial charge in [-0.05, 0) is 43.0 Å². The lowest BCUT2D eigenvalue weighted by atomic mass is 10.1. The Morgan fingerprint density at radius 1 is 1.18 bits per heavy atom. The van der Waals surface area contributed by atoms with E-state index in [1.165, 1.54) is 0 Å². The van der Waals surface area contributed by atoms with Crippen molar-refractivity contribution in [1.29, 1.82) is 0 Å². The summed E-state index contributed by atoms with van der Waals surface area (Å²) < 4.78 is 1.87. The molecule has 3 rings (SSSR count). The van der Waals surface area contributed by atoms with Gasteiger partial charge >= 0.3 is 11.7 Å². The van der Waals surface area contributed by atoms with Crippen LogP contribution in [0.3, 0.4) is 0 Å². The zero-order valence-corrected chi connectivity index (χ0v) is 17.1. The van der Waals surface area contributed by atoms with Crippen LogP contribution >= 0.6 is 15.9 Å². The summed E-state index contributed by atoms with van der Waals surface area (Å²) in [6.07, 6.45) is 3.22. The van der Waals surface area contributed by atoms with Crippen molar-refractivity contribution in [2.45, 2.75) is 50.9 Å². The van der Waals surface area contributed by atoms with Crippen molar-refractivity contribution in [3.8, 4) is 11.5 Å². The monoisotopic (exact) mass is 448 g/mol. The summed E-state index contributed by atoms with van der Waals surface area (Å²) >= 11 is 3.49. The molecule has 0 spiro atoms. The van der Waals surface area contributed by atoms with Crippen LogP contribution in [-0.2, 0) is 16.7 Å². The molecule has 2 aliphatic heterocycles. The highest BCUT2D eigenvalue weighted by molar-refractivity contribution is 9.08. The molecule has 0 fully saturated rings. The van der Waals surface area contributed by atoms with E-state index in [0.717, 1.165) is 35.9 Å². The van der Waals surface area contributed by atoms with Gasteiger partial charge in [0.25, 0.3) is 5.56 Å². The second-order valence-corrected chi connectivity index (χ2v) is 7.33. The van der Waals surface area contributed by atoms with Crippen LogP contribution < -0.4 is 11.2 Å².